The summed E-state index contributed by atoms with van der Waals surface area (Å²) in [5.74, 6) is -0.965. The number of imide groups is 1. The van der Waals surface area contributed by atoms with E-state index in [1.54, 1.807) is 6.08 Å². The van der Waals surface area contributed by atoms with E-state index >= 15 is 0 Å². The van der Waals surface area contributed by atoms with Gasteiger partial charge in [0.15, 0.2) is 0 Å². The maximum Gasteiger partial charge on any atom is 0.250 e. The van der Waals surface area contributed by atoms with Gasteiger partial charge >= 0.3 is 0 Å². The van der Waals surface area contributed by atoms with Crippen LogP contribution in [-0.4, -0.2) is 23.5 Å². The van der Waals surface area contributed by atoms with E-state index in [2.05, 4.69) is 5.32 Å². The van der Waals surface area contributed by atoms with Crippen molar-refractivity contribution < 1.29 is 14.7 Å². The molecule has 0 unspecified atom stereocenters. The van der Waals surface area contributed by atoms with E-state index in [9.17, 15) is 9.59 Å². The van der Waals surface area contributed by atoms with Crippen molar-refractivity contribution in [3.8, 4) is 0 Å². The summed E-state index contributed by atoms with van der Waals surface area (Å²) in [5, 5.41) is 10.6. The van der Waals surface area contributed by atoms with Gasteiger partial charge in [-0.1, -0.05) is 30.3 Å². The van der Waals surface area contributed by atoms with E-state index < -0.39 is 11.8 Å². The second-order valence-electron chi connectivity index (χ2n) is 3.13. The minimum atomic E-state index is -0.484. The van der Waals surface area contributed by atoms with Gasteiger partial charge in [-0.05, 0) is 11.6 Å². The first-order chi connectivity index (χ1) is 7.72. The van der Waals surface area contributed by atoms with Crippen molar-refractivity contribution in [2.45, 2.75) is 6.42 Å². The topological polar surface area (TPSA) is 66.4 Å². The van der Waals surface area contributed by atoms with Crippen molar-refractivity contribution in [3.63, 3.8) is 0 Å². The highest BCUT2D eigenvalue weighted by molar-refractivity contribution is 6.02. The first kappa shape index (κ1) is 12.1. The minimum absolute atomic E-state index is 0.0646. The quantitative estimate of drug-likeness (QED) is 0.733. The molecular formula is C12H13NO3. The van der Waals surface area contributed by atoms with E-state index in [4.69, 9.17) is 5.11 Å². The molecule has 2 amide bonds. The van der Waals surface area contributed by atoms with Gasteiger partial charge in [-0.15, -0.1) is 0 Å². The van der Waals surface area contributed by atoms with Gasteiger partial charge in [0.05, 0.1) is 13.0 Å². The van der Waals surface area contributed by atoms with Crippen LogP contribution in [0.2, 0.25) is 0 Å². The molecule has 0 heterocycles. The van der Waals surface area contributed by atoms with Crippen molar-refractivity contribution in [2.75, 3.05) is 6.61 Å². The standard InChI is InChI=1S/C12H13NO3/c14-9-8-12(16)13-11(15)7-6-10-4-2-1-3-5-10/h1-7,14H,8-9H2,(H,13,15,16)/b7-6+. The normalized spacial score (nSPS) is 10.3. The number of aliphatic hydroxyl groups excluding tert-OH is 1. The third kappa shape index (κ3) is 4.52. The summed E-state index contributed by atoms with van der Waals surface area (Å²) >= 11 is 0. The van der Waals surface area contributed by atoms with Crippen LogP contribution in [0, 0.1) is 0 Å². The molecule has 84 valence electrons. The van der Waals surface area contributed by atoms with Crippen LogP contribution in [0.15, 0.2) is 36.4 Å². The summed E-state index contributed by atoms with van der Waals surface area (Å²) in [7, 11) is 0. The highest BCUT2D eigenvalue weighted by Gasteiger charge is 2.02. The monoisotopic (exact) mass is 219 g/mol. The lowest BCUT2D eigenvalue weighted by atomic mass is 10.2. The second kappa shape index (κ2) is 6.53. The molecule has 0 saturated carbocycles. The highest BCUT2D eigenvalue weighted by Crippen LogP contribution is 2.00. The summed E-state index contributed by atoms with van der Waals surface area (Å²) in [5.41, 5.74) is 0.882. The molecule has 1 rings (SSSR count). The fourth-order valence-electron chi connectivity index (χ4n) is 1.08. The smallest absolute Gasteiger partial charge is 0.250 e. The molecular weight excluding hydrogens is 206 g/mol. The molecule has 0 aliphatic heterocycles. The number of amides is 2. The lowest BCUT2D eigenvalue weighted by Gasteiger charge is -1.97. The number of aliphatic hydroxyl groups is 1. The summed E-state index contributed by atoms with van der Waals surface area (Å²) in [6, 6.07) is 9.28. The van der Waals surface area contributed by atoms with Crippen LogP contribution >= 0.6 is 0 Å². The predicted molar refractivity (Wildman–Crippen MR) is 60.3 cm³/mol. The minimum Gasteiger partial charge on any atom is -0.396 e. The zero-order valence-corrected chi connectivity index (χ0v) is 8.72. The molecule has 0 saturated heterocycles. The van der Waals surface area contributed by atoms with Crippen molar-refractivity contribution in [1.29, 1.82) is 0 Å². The molecule has 2 N–H and O–H groups in total. The molecule has 0 aromatic heterocycles. The Morgan fingerprint density at radius 1 is 1.25 bits per heavy atom. The summed E-state index contributed by atoms with van der Waals surface area (Å²) < 4.78 is 0. The molecule has 4 nitrogen and oxygen atoms in total. The van der Waals surface area contributed by atoms with Gasteiger partial charge in [-0.2, -0.15) is 0 Å². The zero-order chi connectivity index (χ0) is 11.8. The van der Waals surface area contributed by atoms with Gasteiger partial charge in [0.1, 0.15) is 0 Å². The largest absolute Gasteiger partial charge is 0.396 e. The van der Waals surface area contributed by atoms with Gasteiger partial charge in [0.25, 0.3) is 5.91 Å². The fourth-order valence-corrected chi connectivity index (χ4v) is 1.08. The van der Waals surface area contributed by atoms with Gasteiger partial charge in [-0.3, -0.25) is 14.9 Å². The number of carbonyl (C=O) groups excluding carboxylic acids is 2. The van der Waals surface area contributed by atoms with Crippen LogP contribution in [0.25, 0.3) is 6.08 Å². The molecule has 0 aliphatic carbocycles. The molecule has 1 aromatic rings. The molecule has 1 aromatic carbocycles. The molecule has 0 aliphatic rings. The van der Waals surface area contributed by atoms with Gasteiger partial charge < -0.3 is 5.11 Å². The van der Waals surface area contributed by atoms with Crippen molar-refractivity contribution in [2.24, 2.45) is 0 Å². The van der Waals surface area contributed by atoms with Crippen LogP contribution in [0.4, 0.5) is 0 Å². The second-order valence-corrected chi connectivity index (χ2v) is 3.13. The van der Waals surface area contributed by atoms with E-state index in [1.807, 2.05) is 30.3 Å². The average Bonchev–Trinajstić information content (AvgIpc) is 2.28. The number of nitrogens with one attached hydrogen (secondary N) is 1. The molecule has 16 heavy (non-hydrogen) atoms. The van der Waals surface area contributed by atoms with Crippen molar-refractivity contribution in [3.05, 3.63) is 42.0 Å². The van der Waals surface area contributed by atoms with E-state index in [-0.39, 0.29) is 13.0 Å². The van der Waals surface area contributed by atoms with Crippen LogP contribution in [0.5, 0.6) is 0 Å². The van der Waals surface area contributed by atoms with Crippen LogP contribution < -0.4 is 5.32 Å². The number of carbonyl (C=O) groups is 2. The first-order valence-corrected chi connectivity index (χ1v) is 4.90. The number of hydrogen-bond donors (Lipinski definition) is 2. The molecule has 0 atom stereocenters. The SMILES string of the molecule is O=C(/C=C/c1ccccc1)NC(=O)CCO. The van der Waals surface area contributed by atoms with E-state index in [0.29, 0.717) is 0 Å². The summed E-state index contributed by atoms with van der Waals surface area (Å²) in [4.78, 5) is 22.1. The lowest BCUT2D eigenvalue weighted by Crippen LogP contribution is -2.29. The third-order valence-corrected chi connectivity index (χ3v) is 1.83. The summed E-state index contributed by atoms with van der Waals surface area (Å²) in [6.07, 6.45) is 2.83. The number of hydrogen-bond acceptors (Lipinski definition) is 3. The average molecular weight is 219 g/mol. The van der Waals surface area contributed by atoms with Crippen LogP contribution in [0.1, 0.15) is 12.0 Å². The Kier molecular flexibility index (Phi) is 4.95. The molecule has 4 heteroatoms. The van der Waals surface area contributed by atoms with Gasteiger partial charge in [0, 0.05) is 6.08 Å². The van der Waals surface area contributed by atoms with Crippen molar-refractivity contribution in [1.82, 2.24) is 5.32 Å². The third-order valence-electron chi connectivity index (χ3n) is 1.83. The Labute approximate surface area is 93.6 Å². The van der Waals surface area contributed by atoms with Crippen LogP contribution in [0.3, 0.4) is 0 Å². The molecule has 0 radical (unpaired) electrons. The Morgan fingerprint density at radius 3 is 2.56 bits per heavy atom. The van der Waals surface area contributed by atoms with Gasteiger partial charge in [-0.25, -0.2) is 0 Å². The molecule has 0 spiro atoms. The maximum absolute atomic E-state index is 11.2. The maximum atomic E-state index is 11.2. The Balaban J connectivity index is 2.46. The van der Waals surface area contributed by atoms with Crippen molar-refractivity contribution >= 4 is 17.9 Å². The number of benzene rings is 1. The highest BCUT2D eigenvalue weighted by atomic mass is 16.3. The Bertz CT molecular complexity index is 385. The molecule has 0 fully saturated rings. The van der Waals surface area contributed by atoms with E-state index in [1.165, 1.54) is 6.08 Å². The molecule has 0 bridgehead atoms. The van der Waals surface area contributed by atoms with E-state index in [0.717, 1.165) is 5.56 Å². The fraction of sp³-hybridized carbons (Fsp3) is 0.167. The predicted octanol–water partition coefficient (Wildman–Crippen LogP) is 0.725. The lowest BCUT2D eigenvalue weighted by molar-refractivity contribution is -0.128. The number of rotatable bonds is 4. The zero-order valence-electron chi connectivity index (χ0n) is 8.72. The Morgan fingerprint density at radius 2 is 1.94 bits per heavy atom. The van der Waals surface area contributed by atoms with Crippen LogP contribution in [-0.2, 0) is 9.59 Å². The Hall–Kier alpha value is -1.94. The van der Waals surface area contributed by atoms with Gasteiger partial charge in [0.2, 0.25) is 5.91 Å². The summed E-state index contributed by atoms with van der Waals surface area (Å²) in [6.45, 7) is -0.262. The first-order valence-electron chi connectivity index (χ1n) is 4.90.